The van der Waals surface area contributed by atoms with Crippen molar-refractivity contribution in [3.8, 4) is 0 Å². The van der Waals surface area contributed by atoms with Crippen molar-refractivity contribution in [2.75, 3.05) is 37.7 Å². The van der Waals surface area contributed by atoms with Crippen LogP contribution in [0.2, 0.25) is 0 Å². The zero-order valence-electron chi connectivity index (χ0n) is 14.8. The predicted molar refractivity (Wildman–Crippen MR) is 98.7 cm³/mol. The highest BCUT2D eigenvalue weighted by Gasteiger charge is 2.16. The number of anilines is 1. The van der Waals surface area contributed by atoms with E-state index in [0.717, 1.165) is 49.9 Å². The lowest BCUT2D eigenvalue weighted by Gasteiger charge is -2.30. The van der Waals surface area contributed by atoms with E-state index >= 15 is 0 Å². The van der Waals surface area contributed by atoms with Gasteiger partial charge in [-0.1, -0.05) is 6.92 Å². The average molecular weight is 328 g/mol. The zero-order valence-corrected chi connectivity index (χ0v) is 14.8. The fraction of sp³-hybridized carbons (Fsp3) is 0.579. The number of hydrazone groups is 1. The second kappa shape index (κ2) is 7.79. The molecule has 1 aromatic rings. The highest BCUT2D eigenvalue weighted by Crippen LogP contribution is 2.20. The number of piperidine rings is 1. The number of benzene rings is 1. The van der Waals surface area contributed by atoms with Crippen molar-refractivity contribution in [2.24, 2.45) is 11.0 Å². The van der Waals surface area contributed by atoms with Crippen LogP contribution in [0.4, 0.5) is 5.69 Å². The highest BCUT2D eigenvalue weighted by molar-refractivity contribution is 5.94. The number of rotatable bonds is 5. The Kier molecular flexibility index (Phi) is 5.51. The van der Waals surface area contributed by atoms with Crippen LogP contribution < -0.4 is 10.3 Å². The summed E-state index contributed by atoms with van der Waals surface area (Å²) < 4.78 is 0. The Labute approximate surface area is 144 Å². The molecule has 1 fully saturated rings. The topological polar surface area (TPSA) is 47.9 Å². The number of amides is 1. The number of carbonyl (C=O) groups is 1. The Morgan fingerprint density at radius 2 is 2.08 bits per heavy atom. The maximum absolute atomic E-state index is 12.3. The van der Waals surface area contributed by atoms with E-state index in [4.69, 9.17) is 0 Å². The fourth-order valence-corrected chi connectivity index (χ4v) is 3.46. The molecule has 1 atom stereocenters. The van der Waals surface area contributed by atoms with Gasteiger partial charge in [-0.2, -0.15) is 5.10 Å². The molecule has 0 aromatic heterocycles. The van der Waals surface area contributed by atoms with Gasteiger partial charge >= 0.3 is 0 Å². The molecule has 2 aliphatic heterocycles. The van der Waals surface area contributed by atoms with E-state index in [0.29, 0.717) is 12.1 Å². The van der Waals surface area contributed by atoms with Gasteiger partial charge in [0.1, 0.15) is 0 Å². The van der Waals surface area contributed by atoms with E-state index in [9.17, 15) is 4.79 Å². The van der Waals surface area contributed by atoms with Gasteiger partial charge < -0.3 is 10.2 Å². The van der Waals surface area contributed by atoms with Crippen LogP contribution >= 0.6 is 0 Å². The Bertz CT molecular complexity index is 596. The molecule has 2 aliphatic rings. The lowest BCUT2D eigenvalue weighted by molar-refractivity contribution is 0.0944. The lowest BCUT2D eigenvalue weighted by atomic mass is 10.0. The zero-order chi connectivity index (χ0) is 16.9. The Morgan fingerprint density at radius 1 is 1.29 bits per heavy atom. The number of hydrogen-bond donors (Lipinski definition) is 1. The van der Waals surface area contributed by atoms with E-state index in [1.54, 1.807) is 0 Å². The first-order chi connectivity index (χ1) is 11.6. The summed E-state index contributed by atoms with van der Waals surface area (Å²) in [5, 5.41) is 9.51. The van der Waals surface area contributed by atoms with Gasteiger partial charge in [0.2, 0.25) is 0 Å². The van der Waals surface area contributed by atoms with E-state index in [-0.39, 0.29) is 5.91 Å². The molecule has 0 aliphatic carbocycles. The van der Waals surface area contributed by atoms with Crippen LogP contribution in [-0.4, -0.2) is 49.2 Å². The number of nitrogens with zero attached hydrogens (tertiary/aromatic N) is 3. The summed E-state index contributed by atoms with van der Waals surface area (Å²) in [5.74, 6) is 0.784. The van der Waals surface area contributed by atoms with Crippen molar-refractivity contribution < 1.29 is 4.79 Å². The number of carbonyl (C=O) groups excluding carboxylic acids is 1. The predicted octanol–water partition coefficient (Wildman–Crippen LogP) is 2.73. The second-order valence-corrected chi connectivity index (χ2v) is 7.06. The normalized spacial score (nSPS) is 21.7. The van der Waals surface area contributed by atoms with Gasteiger partial charge in [-0.15, -0.1) is 0 Å². The summed E-state index contributed by atoms with van der Waals surface area (Å²) in [6.07, 6.45) is 3.61. The minimum atomic E-state index is 0.00714. The van der Waals surface area contributed by atoms with Crippen LogP contribution in [0, 0.1) is 5.92 Å². The standard InChI is InChI=1S/C19H28N4O/c1-15-4-3-11-22(14-15)13-10-20-19(24)17-5-7-18(8-6-17)23-12-9-16(2)21-23/h5-8,15H,3-4,9-14H2,1-2H3,(H,20,24)/t15-/m0/s1. The van der Waals surface area contributed by atoms with Crippen LogP contribution in [0.3, 0.4) is 0 Å². The smallest absolute Gasteiger partial charge is 0.251 e. The molecule has 5 nitrogen and oxygen atoms in total. The van der Waals surface area contributed by atoms with Crippen molar-refractivity contribution in [3.63, 3.8) is 0 Å². The summed E-state index contributed by atoms with van der Waals surface area (Å²) in [5.41, 5.74) is 2.92. The van der Waals surface area contributed by atoms with Crippen molar-refractivity contribution in [1.82, 2.24) is 10.2 Å². The molecule has 5 heteroatoms. The number of likely N-dealkylation sites (tertiary alicyclic amines) is 1. The van der Waals surface area contributed by atoms with Gasteiger partial charge in [0.05, 0.1) is 5.69 Å². The molecular weight excluding hydrogens is 300 g/mol. The van der Waals surface area contributed by atoms with Gasteiger partial charge in [0.15, 0.2) is 0 Å². The SMILES string of the molecule is CC1=NN(c2ccc(C(=O)NCCN3CCC[C@H](C)C3)cc2)CC1. The molecule has 0 spiro atoms. The molecular formula is C19H28N4O. The first kappa shape index (κ1) is 17.0. The summed E-state index contributed by atoms with van der Waals surface area (Å²) in [6, 6.07) is 7.72. The van der Waals surface area contributed by atoms with Gasteiger partial charge in [0.25, 0.3) is 5.91 Å². The van der Waals surface area contributed by atoms with Crippen LogP contribution in [0.5, 0.6) is 0 Å². The molecule has 0 radical (unpaired) electrons. The Hall–Kier alpha value is -1.88. The van der Waals surface area contributed by atoms with E-state index < -0.39 is 0 Å². The summed E-state index contributed by atoms with van der Waals surface area (Å²) >= 11 is 0. The maximum atomic E-state index is 12.3. The first-order valence-corrected chi connectivity index (χ1v) is 9.04. The summed E-state index contributed by atoms with van der Waals surface area (Å²) in [7, 11) is 0. The van der Waals surface area contributed by atoms with Crippen LogP contribution in [-0.2, 0) is 0 Å². The van der Waals surface area contributed by atoms with Crippen molar-refractivity contribution >= 4 is 17.3 Å². The van der Waals surface area contributed by atoms with Crippen molar-refractivity contribution in [2.45, 2.75) is 33.1 Å². The second-order valence-electron chi connectivity index (χ2n) is 7.06. The third-order valence-electron chi connectivity index (χ3n) is 4.86. The van der Waals surface area contributed by atoms with Gasteiger partial charge in [0, 0.05) is 43.9 Å². The van der Waals surface area contributed by atoms with Gasteiger partial charge in [-0.3, -0.25) is 9.80 Å². The van der Waals surface area contributed by atoms with Crippen molar-refractivity contribution in [1.29, 1.82) is 0 Å². The molecule has 0 bridgehead atoms. The molecule has 1 amide bonds. The van der Waals surface area contributed by atoms with Gasteiger partial charge in [-0.25, -0.2) is 0 Å². The summed E-state index contributed by atoms with van der Waals surface area (Å²) in [4.78, 5) is 14.7. The molecule has 130 valence electrons. The third-order valence-corrected chi connectivity index (χ3v) is 4.86. The molecule has 3 rings (SSSR count). The molecule has 1 saturated heterocycles. The minimum Gasteiger partial charge on any atom is -0.351 e. The van der Waals surface area contributed by atoms with E-state index in [1.807, 2.05) is 36.2 Å². The van der Waals surface area contributed by atoms with E-state index in [2.05, 4.69) is 22.2 Å². The minimum absolute atomic E-state index is 0.00714. The molecule has 0 saturated carbocycles. The van der Waals surface area contributed by atoms with Crippen LogP contribution in [0.1, 0.15) is 43.5 Å². The number of hydrogen-bond acceptors (Lipinski definition) is 4. The summed E-state index contributed by atoms with van der Waals surface area (Å²) in [6.45, 7) is 9.23. The van der Waals surface area contributed by atoms with Crippen LogP contribution in [0.15, 0.2) is 29.4 Å². The maximum Gasteiger partial charge on any atom is 0.251 e. The third kappa shape index (κ3) is 4.35. The molecule has 0 unspecified atom stereocenters. The molecule has 1 aromatic carbocycles. The molecule has 1 N–H and O–H groups in total. The lowest BCUT2D eigenvalue weighted by Crippen LogP contribution is -2.40. The Balaban J connectivity index is 1.46. The fourth-order valence-electron chi connectivity index (χ4n) is 3.46. The number of nitrogens with one attached hydrogen (secondary N) is 1. The van der Waals surface area contributed by atoms with Crippen LogP contribution in [0.25, 0.3) is 0 Å². The van der Waals surface area contributed by atoms with Gasteiger partial charge in [-0.05, 0) is 56.5 Å². The Morgan fingerprint density at radius 3 is 2.75 bits per heavy atom. The van der Waals surface area contributed by atoms with E-state index in [1.165, 1.54) is 12.8 Å². The highest BCUT2D eigenvalue weighted by atomic mass is 16.1. The molecule has 24 heavy (non-hydrogen) atoms. The largest absolute Gasteiger partial charge is 0.351 e. The quantitative estimate of drug-likeness (QED) is 0.904. The monoisotopic (exact) mass is 328 g/mol. The first-order valence-electron chi connectivity index (χ1n) is 9.04. The average Bonchev–Trinajstić information content (AvgIpc) is 3.01. The molecule has 2 heterocycles. The van der Waals surface area contributed by atoms with Crippen molar-refractivity contribution in [3.05, 3.63) is 29.8 Å².